The van der Waals surface area contributed by atoms with Gasteiger partial charge in [0.25, 0.3) is 0 Å². The molecule has 1 aliphatic carbocycles. The van der Waals surface area contributed by atoms with Crippen molar-refractivity contribution in [2.24, 2.45) is 5.92 Å². The zero-order chi connectivity index (χ0) is 19.1. The van der Waals surface area contributed by atoms with E-state index >= 15 is 0 Å². The summed E-state index contributed by atoms with van der Waals surface area (Å²) in [6.07, 6.45) is 6.57. The molecule has 2 aliphatic rings. The van der Waals surface area contributed by atoms with Crippen molar-refractivity contribution >= 4 is 17.6 Å². The molecule has 3 rings (SSSR count). The lowest BCUT2D eigenvalue weighted by atomic mass is 9.86. The summed E-state index contributed by atoms with van der Waals surface area (Å²) in [5.41, 5.74) is 0.793. The van der Waals surface area contributed by atoms with Crippen LogP contribution in [-0.2, 0) is 4.79 Å². The molecule has 2 atom stereocenters. The second-order valence-electron chi connectivity index (χ2n) is 7.95. The van der Waals surface area contributed by atoms with Crippen molar-refractivity contribution in [3.63, 3.8) is 0 Å². The molecule has 0 radical (unpaired) electrons. The molecule has 0 aromatic heterocycles. The van der Waals surface area contributed by atoms with Crippen LogP contribution in [0.15, 0.2) is 30.3 Å². The minimum atomic E-state index is -0.163. The SMILES string of the molecule is C[C@H]1CCCC[C@H]1NC(=O)CN1CCC(NC(=O)Nc2ccccc2)CC1. The molecule has 1 heterocycles. The summed E-state index contributed by atoms with van der Waals surface area (Å²) in [5, 5.41) is 9.12. The zero-order valence-electron chi connectivity index (χ0n) is 16.2. The van der Waals surface area contributed by atoms with Gasteiger partial charge in [0.1, 0.15) is 0 Å². The third-order valence-corrected chi connectivity index (χ3v) is 5.78. The maximum Gasteiger partial charge on any atom is 0.319 e. The van der Waals surface area contributed by atoms with Gasteiger partial charge in [-0.1, -0.05) is 38.0 Å². The van der Waals surface area contributed by atoms with Crippen LogP contribution in [0.3, 0.4) is 0 Å². The highest BCUT2D eigenvalue weighted by atomic mass is 16.2. The number of para-hydroxylation sites is 1. The van der Waals surface area contributed by atoms with Crippen LogP contribution in [0.1, 0.15) is 45.4 Å². The van der Waals surface area contributed by atoms with E-state index < -0.39 is 0 Å². The smallest absolute Gasteiger partial charge is 0.319 e. The van der Waals surface area contributed by atoms with Crippen LogP contribution in [0.2, 0.25) is 0 Å². The van der Waals surface area contributed by atoms with E-state index in [0.717, 1.165) is 38.0 Å². The number of benzene rings is 1. The number of hydrogen-bond acceptors (Lipinski definition) is 3. The van der Waals surface area contributed by atoms with Gasteiger partial charge in [-0.25, -0.2) is 4.79 Å². The Hall–Kier alpha value is -2.08. The maximum absolute atomic E-state index is 12.4. The number of carbonyl (C=O) groups excluding carboxylic acids is 2. The summed E-state index contributed by atoms with van der Waals surface area (Å²) in [4.78, 5) is 26.6. The largest absolute Gasteiger partial charge is 0.352 e. The van der Waals surface area contributed by atoms with Crippen molar-refractivity contribution in [3.05, 3.63) is 30.3 Å². The van der Waals surface area contributed by atoms with Crippen LogP contribution in [-0.4, -0.2) is 48.6 Å². The van der Waals surface area contributed by atoms with Crippen LogP contribution in [0.4, 0.5) is 10.5 Å². The average molecular weight is 373 g/mol. The number of anilines is 1. The molecule has 0 bridgehead atoms. The van der Waals surface area contributed by atoms with Crippen molar-refractivity contribution in [2.45, 2.75) is 57.5 Å². The highest BCUT2D eigenvalue weighted by molar-refractivity contribution is 5.89. The fourth-order valence-corrected chi connectivity index (χ4v) is 4.10. The Bertz CT molecular complexity index is 614. The number of nitrogens with zero attached hydrogens (tertiary/aromatic N) is 1. The quantitative estimate of drug-likeness (QED) is 0.744. The third kappa shape index (κ3) is 6.24. The molecule has 0 unspecified atom stereocenters. The molecule has 3 amide bonds. The van der Waals surface area contributed by atoms with Gasteiger partial charge in [-0.05, 0) is 43.7 Å². The predicted molar refractivity (Wildman–Crippen MR) is 108 cm³/mol. The van der Waals surface area contributed by atoms with E-state index in [1.165, 1.54) is 19.3 Å². The topological polar surface area (TPSA) is 73.5 Å². The standard InChI is InChI=1S/C21H32N4O2/c1-16-7-5-6-10-19(16)24-20(26)15-25-13-11-18(12-14-25)23-21(27)22-17-8-3-2-4-9-17/h2-4,8-9,16,18-19H,5-7,10-15H2,1H3,(H,24,26)(H2,22,23,27)/t16-,19+/m0/s1. The molecular weight excluding hydrogens is 340 g/mol. The average Bonchev–Trinajstić information content (AvgIpc) is 2.66. The van der Waals surface area contributed by atoms with Gasteiger partial charge in [-0.15, -0.1) is 0 Å². The number of amides is 3. The highest BCUT2D eigenvalue weighted by Crippen LogP contribution is 2.23. The highest BCUT2D eigenvalue weighted by Gasteiger charge is 2.25. The first kappa shape index (κ1) is 19.7. The van der Waals surface area contributed by atoms with Gasteiger partial charge in [-0.3, -0.25) is 9.69 Å². The lowest BCUT2D eigenvalue weighted by molar-refractivity contribution is -0.123. The monoisotopic (exact) mass is 372 g/mol. The van der Waals surface area contributed by atoms with Crippen LogP contribution >= 0.6 is 0 Å². The number of carbonyl (C=O) groups is 2. The minimum Gasteiger partial charge on any atom is -0.352 e. The van der Waals surface area contributed by atoms with E-state index in [1.807, 2.05) is 30.3 Å². The Kier molecular flexibility index (Phi) is 7.10. The molecule has 27 heavy (non-hydrogen) atoms. The van der Waals surface area contributed by atoms with Gasteiger partial charge >= 0.3 is 6.03 Å². The Morgan fingerprint density at radius 3 is 2.41 bits per heavy atom. The Morgan fingerprint density at radius 1 is 1.00 bits per heavy atom. The van der Waals surface area contributed by atoms with Gasteiger partial charge in [0.05, 0.1) is 6.54 Å². The lowest BCUT2D eigenvalue weighted by Crippen LogP contribution is -2.50. The molecule has 1 aliphatic heterocycles. The molecule has 1 aromatic carbocycles. The van der Waals surface area contributed by atoms with Crippen molar-refractivity contribution in [1.82, 2.24) is 15.5 Å². The first-order valence-corrected chi connectivity index (χ1v) is 10.2. The van der Waals surface area contributed by atoms with Crippen LogP contribution in [0.5, 0.6) is 0 Å². The number of urea groups is 1. The number of rotatable bonds is 5. The molecule has 148 valence electrons. The first-order chi connectivity index (χ1) is 13.1. The van der Waals surface area contributed by atoms with Gasteiger partial charge in [0.2, 0.25) is 5.91 Å². The third-order valence-electron chi connectivity index (χ3n) is 5.78. The number of nitrogens with one attached hydrogen (secondary N) is 3. The molecule has 1 saturated heterocycles. The van der Waals surface area contributed by atoms with Crippen LogP contribution in [0.25, 0.3) is 0 Å². The van der Waals surface area contributed by atoms with Crippen LogP contribution in [0, 0.1) is 5.92 Å². The lowest BCUT2D eigenvalue weighted by Gasteiger charge is -2.33. The molecule has 6 heteroatoms. The van der Waals surface area contributed by atoms with Crippen molar-refractivity contribution in [3.8, 4) is 0 Å². The van der Waals surface area contributed by atoms with Gasteiger partial charge in [0, 0.05) is 30.9 Å². The summed E-state index contributed by atoms with van der Waals surface area (Å²) in [6.45, 7) is 4.38. The zero-order valence-corrected chi connectivity index (χ0v) is 16.2. The normalized spacial score (nSPS) is 24.2. The summed E-state index contributed by atoms with van der Waals surface area (Å²) in [7, 11) is 0. The van der Waals surface area contributed by atoms with E-state index in [-0.39, 0.29) is 18.0 Å². The second kappa shape index (κ2) is 9.74. The van der Waals surface area contributed by atoms with E-state index in [2.05, 4.69) is 27.8 Å². The number of hydrogen-bond donors (Lipinski definition) is 3. The van der Waals surface area contributed by atoms with E-state index in [1.54, 1.807) is 0 Å². The fraction of sp³-hybridized carbons (Fsp3) is 0.619. The first-order valence-electron chi connectivity index (χ1n) is 10.2. The summed E-state index contributed by atoms with van der Waals surface area (Å²) >= 11 is 0. The molecule has 2 fully saturated rings. The Labute approximate surface area is 162 Å². The molecular formula is C21H32N4O2. The minimum absolute atomic E-state index is 0.141. The van der Waals surface area contributed by atoms with E-state index in [4.69, 9.17) is 0 Å². The van der Waals surface area contributed by atoms with E-state index in [0.29, 0.717) is 18.5 Å². The van der Waals surface area contributed by atoms with Gasteiger partial charge in [-0.2, -0.15) is 0 Å². The van der Waals surface area contributed by atoms with Crippen LogP contribution < -0.4 is 16.0 Å². The van der Waals surface area contributed by atoms with Crippen molar-refractivity contribution in [2.75, 3.05) is 25.0 Å². The van der Waals surface area contributed by atoms with Gasteiger partial charge in [0.15, 0.2) is 0 Å². The maximum atomic E-state index is 12.4. The van der Waals surface area contributed by atoms with Gasteiger partial charge < -0.3 is 16.0 Å². The second-order valence-corrected chi connectivity index (χ2v) is 7.95. The molecule has 1 aromatic rings. The molecule has 0 spiro atoms. The summed E-state index contributed by atoms with van der Waals surface area (Å²) < 4.78 is 0. The number of piperidine rings is 1. The summed E-state index contributed by atoms with van der Waals surface area (Å²) in [6, 6.07) is 9.79. The molecule has 1 saturated carbocycles. The number of likely N-dealkylation sites (tertiary alicyclic amines) is 1. The van der Waals surface area contributed by atoms with E-state index in [9.17, 15) is 9.59 Å². The van der Waals surface area contributed by atoms with Crippen molar-refractivity contribution in [1.29, 1.82) is 0 Å². The molecule has 6 nitrogen and oxygen atoms in total. The Balaban J connectivity index is 1.34. The summed E-state index contributed by atoms with van der Waals surface area (Å²) in [5.74, 6) is 0.725. The fourth-order valence-electron chi connectivity index (χ4n) is 4.10. The predicted octanol–water partition coefficient (Wildman–Crippen LogP) is 2.97. The Morgan fingerprint density at radius 2 is 1.70 bits per heavy atom. The van der Waals surface area contributed by atoms with Crippen molar-refractivity contribution < 1.29 is 9.59 Å². The molecule has 3 N–H and O–H groups in total.